The number of hydrogen-bond donors (Lipinski definition) is 2. The summed E-state index contributed by atoms with van der Waals surface area (Å²) < 4.78 is 0. The van der Waals surface area contributed by atoms with Crippen molar-refractivity contribution in [2.75, 3.05) is 0 Å². The number of nitriles is 1. The van der Waals surface area contributed by atoms with E-state index in [9.17, 15) is 0 Å². The number of hydrogen-bond acceptors (Lipinski definition) is 3. The molecule has 0 radical (unpaired) electrons. The van der Waals surface area contributed by atoms with E-state index in [2.05, 4.69) is 12.1 Å². The van der Waals surface area contributed by atoms with Crippen molar-refractivity contribution in [1.29, 1.82) is 5.26 Å². The summed E-state index contributed by atoms with van der Waals surface area (Å²) >= 11 is 0. The predicted molar refractivity (Wildman–Crippen MR) is 54.7 cm³/mol. The van der Waals surface area contributed by atoms with E-state index in [1.54, 1.807) is 0 Å². The van der Waals surface area contributed by atoms with E-state index in [0.717, 1.165) is 11.5 Å². The molecule has 1 aromatic rings. The minimum absolute atomic E-state index is 0.750. The lowest BCUT2D eigenvalue weighted by Gasteiger charge is -1.95. The van der Waals surface area contributed by atoms with Crippen molar-refractivity contribution in [3.8, 4) is 6.07 Å². The van der Waals surface area contributed by atoms with Crippen LogP contribution in [0.15, 0.2) is 24.3 Å². The molecule has 0 amide bonds. The fourth-order valence-electron chi connectivity index (χ4n) is 1.28. The quantitative estimate of drug-likeness (QED) is 0.638. The zero-order valence-corrected chi connectivity index (χ0v) is 7.85. The molecule has 1 aliphatic carbocycles. The van der Waals surface area contributed by atoms with Gasteiger partial charge in [0.2, 0.25) is 0 Å². The Morgan fingerprint density at radius 1 is 1.36 bits per heavy atom. The number of benzene rings is 1. The first kappa shape index (κ1) is 10.8. The Bertz CT molecular complexity index is 331. The average molecular weight is 189 g/mol. The lowest BCUT2D eigenvalue weighted by molar-refractivity contribution is 0.448. The molecule has 1 aromatic carbocycles. The molecule has 0 atom stereocenters. The van der Waals surface area contributed by atoms with Gasteiger partial charge < -0.3 is 10.0 Å². The van der Waals surface area contributed by atoms with Crippen LogP contribution >= 0.6 is 0 Å². The van der Waals surface area contributed by atoms with Crippen LogP contribution in [0.5, 0.6) is 0 Å². The summed E-state index contributed by atoms with van der Waals surface area (Å²) in [5.41, 5.74) is 2.12. The van der Waals surface area contributed by atoms with Gasteiger partial charge in [-0.05, 0) is 36.5 Å². The fourth-order valence-corrected chi connectivity index (χ4v) is 1.28. The van der Waals surface area contributed by atoms with Crippen LogP contribution in [-0.4, -0.2) is 17.7 Å². The summed E-state index contributed by atoms with van der Waals surface area (Å²) in [5, 5.41) is 22.9. The monoisotopic (exact) mass is 189 g/mol. The van der Waals surface area contributed by atoms with Gasteiger partial charge in [-0.15, -0.1) is 0 Å². The molecule has 0 aliphatic heterocycles. The first-order chi connectivity index (χ1) is 6.81. The molecule has 2 N–H and O–H groups in total. The third kappa shape index (κ3) is 3.21. The van der Waals surface area contributed by atoms with Crippen LogP contribution in [0.4, 0.5) is 0 Å². The van der Waals surface area contributed by atoms with Crippen LogP contribution in [0.2, 0.25) is 0 Å². The minimum Gasteiger partial charge on any atom is -0.430 e. The van der Waals surface area contributed by atoms with E-state index in [-0.39, 0.29) is 0 Å². The maximum atomic E-state index is 8.61. The van der Waals surface area contributed by atoms with Gasteiger partial charge in [0, 0.05) is 0 Å². The molecule has 0 spiro atoms. The number of rotatable bonds is 1. The highest BCUT2D eigenvalue weighted by atomic mass is 16.4. The molecule has 72 valence electrons. The number of nitrogens with zero attached hydrogens (tertiary/aromatic N) is 1. The summed E-state index contributed by atoms with van der Waals surface area (Å²) in [6.45, 7) is 0. The second-order valence-corrected chi connectivity index (χ2v) is 3.15. The highest BCUT2D eigenvalue weighted by Gasteiger charge is 2.23. The highest BCUT2D eigenvalue weighted by Crippen LogP contribution is 2.39. The molecule has 1 fully saturated rings. The van der Waals surface area contributed by atoms with E-state index in [1.165, 1.54) is 18.4 Å². The van der Waals surface area contributed by atoms with Crippen LogP contribution in [0.1, 0.15) is 29.9 Å². The van der Waals surface area contributed by atoms with Crippen LogP contribution in [-0.2, 0) is 0 Å². The minimum atomic E-state index is -0.750. The summed E-state index contributed by atoms with van der Waals surface area (Å²) in [7, 11) is -0.750. The van der Waals surface area contributed by atoms with Gasteiger partial charge in [0.15, 0.2) is 0 Å². The van der Waals surface area contributed by atoms with Gasteiger partial charge in [-0.25, -0.2) is 0 Å². The van der Waals surface area contributed by atoms with Crippen molar-refractivity contribution < 1.29 is 10.0 Å². The summed E-state index contributed by atoms with van der Waals surface area (Å²) in [4.78, 5) is 0. The Labute approximate surface area is 83.9 Å². The average Bonchev–Trinajstić information content (AvgIpc) is 3.02. The van der Waals surface area contributed by atoms with Gasteiger partial charge in [0.05, 0.1) is 11.6 Å². The molecule has 0 saturated heterocycles. The van der Waals surface area contributed by atoms with Gasteiger partial charge in [-0.3, -0.25) is 0 Å². The standard InChI is InChI=1S/C10H9N.BH3O2/c11-7-8-2-1-3-10(6-8)9-4-5-9;2-1-3/h1-3,6,9H,4-5H2;1-3H. The molecule has 2 rings (SSSR count). The predicted octanol–water partition coefficient (Wildman–Crippen LogP) is 0.673. The second-order valence-electron chi connectivity index (χ2n) is 3.15. The first-order valence-electron chi connectivity index (χ1n) is 4.53. The van der Waals surface area contributed by atoms with E-state index in [0.29, 0.717) is 0 Å². The highest BCUT2D eigenvalue weighted by molar-refractivity contribution is 6.13. The molecule has 14 heavy (non-hydrogen) atoms. The lowest BCUT2D eigenvalue weighted by Crippen LogP contribution is -1.79. The Hall–Kier alpha value is -1.31. The SMILES string of the molecule is N#Cc1cccc(C2CC2)c1.OBO. The van der Waals surface area contributed by atoms with Crippen molar-refractivity contribution in [3.63, 3.8) is 0 Å². The van der Waals surface area contributed by atoms with Crippen LogP contribution in [0.3, 0.4) is 0 Å². The summed E-state index contributed by atoms with van der Waals surface area (Å²) in [6.07, 6.45) is 2.60. The molecule has 3 nitrogen and oxygen atoms in total. The molecule has 1 saturated carbocycles. The molecule has 1 aliphatic rings. The Morgan fingerprint density at radius 2 is 2.00 bits per heavy atom. The van der Waals surface area contributed by atoms with Crippen molar-refractivity contribution in [2.24, 2.45) is 0 Å². The molecule has 4 heteroatoms. The smallest absolute Gasteiger partial charge is 0.430 e. The van der Waals surface area contributed by atoms with Crippen molar-refractivity contribution in [3.05, 3.63) is 35.4 Å². The molecular weight excluding hydrogens is 177 g/mol. The van der Waals surface area contributed by atoms with E-state index in [4.69, 9.17) is 15.3 Å². The summed E-state index contributed by atoms with van der Waals surface area (Å²) in [5.74, 6) is 0.753. The fraction of sp³-hybridized carbons (Fsp3) is 0.300. The van der Waals surface area contributed by atoms with E-state index >= 15 is 0 Å². The molecule has 0 unspecified atom stereocenters. The molecule has 0 heterocycles. The second kappa shape index (κ2) is 5.43. The lowest BCUT2D eigenvalue weighted by atomic mass is 10.1. The maximum Gasteiger partial charge on any atom is 0.432 e. The van der Waals surface area contributed by atoms with Gasteiger partial charge in [-0.2, -0.15) is 5.26 Å². The van der Waals surface area contributed by atoms with Gasteiger partial charge in [0.25, 0.3) is 0 Å². The Kier molecular flexibility index (Phi) is 4.18. The molecule has 0 aromatic heterocycles. The van der Waals surface area contributed by atoms with Crippen LogP contribution < -0.4 is 0 Å². The van der Waals surface area contributed by atoms with Crippen LogP contribution in [0.25, 0.3) is 0 Å². The van der Waals surface area contributed by atoms with Crippen LogP contribution in [0, 0.1) is 11.3 Å². The zero-order chi connectivity index (χ0) is 10.4. The van der Waals surface area contributed by atoms with E-state index in [1.807, 2.05) is 18.2 Å². The van der Waals surface area contributed by atoms with E-state index < -0.39 is 7.69 Å². The Morgan fingerprint density at radius 3 is 2.50 bits per heavy atom. The van der Waals surface area contributed by atoms with Crippen molar-refractivity contribution in [2.45, 2.75) is 18.8 Å². The van der Waals surface area contributed by atoms with Crippen molar-refractivity contribution in [1.82, 2.24) is 0 Å². The molecular formula is C10H12BNO2. The topological polar surface area (TPSA) is 64.2 Å². The van der Waals surface area contributed by atoms with Gasteiger partial charge in [0.1, 0.15) is 0 Å². The van der Waals surface area contributed by atoms with Gasteiger partial charge in [-0.1, -0.05) is 12.1 Å². The molecule has 0 bridgehead atoms. The maximum absolute atomic E-state index is 8.61. The first-order valence-corrected chi connectivity index (χ1v) is 4.53. The van der Waals surface area contributed by atoms with Crippen molar-refractivity contribution >= 4 is 7.69 Å². The largest absolute Gasteiger partial charge is 0.432 e. The summed E-state index contributed by atoms with van der Waals surface area (Å²) in [6, 6.07) is 10.1. The normalized spacial score (nSPS) is 13.5. The Balaban J connectivity index is 0.000000293. The third-order valence-corrected chi connectivity index (χ3v) is 2.06. The third-order valence-electron chi connectivity index (χ3n) is 2.06. The zero-order valence-electron chi connectivity index (χ0n) is 7.85. The van der Waals surface area contributed by atoms with Gasteiger partial charge >= 0.3 is 7.69 Å².